The topological polar surface area (TPSA) is 18.5 Å². The van der Waals surface area contributed by atoms with Crippen LogP contribution in [0.4, 0.5) is 0 Å². The van der Waals surface area contributed by atoms with Crippen LogP contribution in [0.3, 0.4) is 0 Å². The molecule has 5 rings (SSSR count). The van der Waals surface area contributed by atoms with Crippen LogP contribution in [0.25, 0.3) is 0 Å². The van der Waals surface area contributed by atoms with E-state index in [0.717, 1.165) is 23.5 Å². The maximum atomic E-state index is 5.98. The molecule has 1 aromatic rings. The zero-order chi connectivity index (χ0) is 15.2. The molecule has 0 aliphatic heterocycles. The molecule has 0 aromatic heterocycles. The Kier molecular flexibility index (Phi) is 3.98. The predicted molar refractivity (Wildman–Crippen MR) is 91.1 cm³/mol. The highest BCUT2D eigenvalue weighted by Gasteiger charge is 2.52. The van der Waals surface area contributed by atoms with Gasteiger partial charge >= 0.3 is 0 Å². The van der Waals surface area contributed by atoms with E-state index >= 15 is 0 Å². The second kappa shape index (κ2) is 5.83. The summed E-state index contributed by atoms with van der Waals surface area (Å²) < 4.78 is 12.6. The van der Waals surface area contributed by atoms with E-state index in [1.165, 1.54) is 48.6 Å². The van der Waals surface area contributed by atoms with E-state index in [9.17, 15) is 0 Å². The maximum absolute atomic E-state index is 5.98. The second-order valence-corrected chi connectivity index (χ2v) is 8.51. The first-order chi connectivity index (χ1) is 10.7. The first-order valence-corrected chi connectivity index (χ1v) is 9.48. The van der Waals surface area contributed by atoms with E-state index in [4.69, 9.17) is 9.47 Å². The maximum Gasteiger partial charge on any atom is 0.189 e. The van der Waals surface area contributed by atoms with Crippen molar-refractivity contribution < 1.29 is 9.47 Å². The quantitative estimate of drug-likeness (QED) is 0.521. The Morgan fingerprint density at radius 2 is 1.73 bits per heavy atom. The normalized spacial score (nSPS) is 35.8. The van der Waals surface area contributed by atoms with Gasteiger partial charge in [0.25, 0.3) is 0 Å². The van der Waals surface area contributed by atoms with Gasteiger partial charge in [-0.3, -0.25) is 0 Å². The molecule has 4 aliphatic rings. The van der Waals surface area contributed by atoms with Crippen molar-refractivity contribution in [1.82, 2.24) is 0 Å². The van der Waals surface area contributed by atoms with E-state index in [0.29, 0.717) is 18.8 Å². The van der Waals surface area contributed by atoms with Gasteiger partial charge in [0.15, 0.2) is 6.79 Å². The lowest BCUT2D eigenvalue weighted by molar-refractivity contribution is -0.0109. The van der Waals surface area contributed by atoms with Gasteiger partial charge in [0.1, 0.15) is 5.75 Å². The molecule has 120 valence electrons. The van der Waals surface area contributed by atoms with E-state index < -0.39 is 0 Å². The predicted octanol–water partition coefficient (Wildman–Crippen LogP) is 5.29. The number of hydrogen-bond acceptors (Lipinski definition) is 2. The van der Waals surface area contributed by atoms with Crippen LogP contribution in [0.15, 0.2) is 22.7 Å². The molecule has 0 atom stereocenters. The zero-order valence-corrected chi connectivity index (χ0v) is 14.9. The molecule has 3 heteroatoms. The second-order valence-electron chi connectivity index (χ2n) is 7.59. The Hall–Kier alpha value is -0.540. The highest BCUT2D eigenvalue weighted by molar-refractivity contribution is 9.10. The summed E-state index contributed by atoms with van der Waals surface area (Å²) in [6, 6.07) is 6.52. The summed E-state index contributed by atoms with van der Waals surface area (Å²) in [5, 5.41) is 0. The van der Waals surface area contributed by atoms with Crippen LogP contribution in [-0.4, -0.2) is 13.4 Å². The lowest BCUT2D eigenvalue weighted by Gasteiger charge is -2.57. The van der Waals surface area contributed by atoms with Crippen LogP contribution in [0.5, 0.6) is 5.75 Å². The highest BCUT2D eigenvalue weighted by atomic mass is 79.9. The lowest BCUT2D eigenvalue weighted by Crippen LogP contribution is -2.48. The minimum absolute atomic E-state index is 0.359. The average Bonchev–Trinajstić information content (AvgIpc) is 2.47. The fourth-order valence-corrected chi connectivity index (χ4v) is 6.03. The van der Waals surface area contributed by atoms with E-state index in [1.54, 1.807) is 0 Å². The van der Waals surface area contributed by atoms with Gasteiger partial charge in [-0.05, 0) is 86.8 Å². The first-order valence-electron chi connectivity index (χ1n) is 8.69. The first kappa shape index (κ1) is 15.0. The van der Waals surface area contributed by atoms with Crippen molar-refractivity contribution in [3.05, 3.63) is 28.2 Å². The molecule has 4 bridgehead atoms. The summed E-state index contributed by atoms with van der Waals surface area (Å²) in [7, 11) is 0. The van der Waals surface area contributed by atoms with E-state index in [2.05, 4.69) is 34.1 Å². The molecule has 4 saturated carbocycles. The minimum atomic E-state index is 0.359. The molecular formula is C19H25BrO2. The summed E-state index contributed by atoms with van der Waals surface area (Å²) in [6.07, 6.45) is 8.51. The molecule has 0 radical (unpaired) electrons. The van der Waals surface area contributed by atoms with Crippen LogP contribution in [0, 0.1) is 17.8 Å². The summed E-state index contributed by atoms with van der Waals surface area (Å²) in [5.41, 5.74) is 1.79. The minimum Gasteiger partial charge on any atom is -0.467 e. The standard InChI is InChI=1S/C19H25BrO2/c1-2-21-12-22-18-4-3-16(20)8-17(18)19-9-13-5-14(10-19)7-15(6-13)11-19/h3-4,8,13-15H,2,5-7,9-12H2,1H3. The summed E-state index contributed by atoms with van der Waals surface area (Å²) in [4.78, 5) is 0. The van der Waals surface area contributed by atoms with Crippen molar-refractivity contribution in [2.45, 2.75) is 50.9 Å². The zero-order valence-electron chi connectivity index (χ0n) is 13.3. The smallest absolute Gasteiger partial charge is 0.189 e. The van der Waals surface area contributed by atoms with Crippen LogP contribution >= 0.6 is 15.9 Å². The van der Waals surface area contributed by atoms with Crippen molar-refractivity contribution in [3.8, 4) is 5.75 Å². The van der Waals surface area contributed by atoms with Crippen LogP contribution in [0.1, 0.15) is 51.0 Å². The SMILES string of the molecule is CCOCOc1ccc(Br)cc1C12CC3CC(CC(C3)C1)C2. The van der Waals surface area contributed by atoms with Crippen LogP contribution < -0.4 is 4.74 Å². The molecule has 4 aliphatic carbocycles. The molecule has 0 amide bonds. The van der Waals surface area contributed by atoms with Gasteiger partial charge in [0.05, 0.1) is 0 Å². The van der Waals surface area contributed by atoms with Crippen molar-refractivity contribution in [3.63, 3.8) is 0 Å². The number of rotatable bonds is 5. The number of ether oxygens (including phenoxy) is 2. The third-order valence-corrected chi connectivity index (χ3v) is 6.55. The third-order valence-electron chi connectivity index (χ3n) is 6.05. The fraction of sp³-hybridized carbons (Fsp3) is 0.684. The molecule has 4 fully saturated rings. The van der Waals surface area contributed by atoms with E-state index in [-0.39, 0.29) is 0 Å². The molecule has 0 heterocycles. The molecule has 0 N–H and O–H groups in total. The van der Waals surface area contributed by atoms with Gasteiger partial charge in [0, 0.05) is 16.6 Å². The van der Waals surface area contributed by atoms with Crippen molar-refractivity contribution >= 4 is 15.9 Å². The molecule has 2 nitrogen and oxygen atoms in total. The third kappa shape index (κ3) is 2.60. The molecular weight excluding hydrogens is 340 g/mol. The van der Waals surface area contributed by atoms with Crippen LogP contribution in [-0.2, 0) is 10.2 Å². The number of benzene rings is 1. The Balaban J connectivity index is 1.67. The summed E-state index contributed by atoms with van der Waals surface area (Å²) in [6.45, 7) is 3.06. The van der Waals surface area contributed by atoms with Crippen molar-refractivity contribution in [2.75, 3.05) is 13.4 Å². The van der Waals surface area contributed by atoms with E-state index in [1.807, 2.05) is 6.92 Å². The van der Waals surface area contributed by atoms with Crippen molar-refractivity contribution in [2.24, 2.45) is 17.8 Å². The van der Waals surface area contributed by atoms with Gasteiger partial charge in [-0.2, -0.15) is 0 Å². The summed E-state index contributed by atoms with van der Waals surface area (Å²) >= 11 is 3.67. The molecule has 0 saturated heterocycles. The van der Waals surface area contributed by atoms with Crippen molar-refractivity contribution in [1.29, 1.82) is 0 Å². The van der Waals surface area contributed by atoms with Gasteiger partial charge < -0.3 is 9.47 Å². The van der Waals surface area contributed by atoms with Gasteiger partial charge in [-0.15, -0.1) is 0 Å². The highest BCUT2D eigenvalue weighted by Crippen LogP contribution is 2.62. The molecule has 0 spiro atoms. The number of halogens is 1. The van der Waals surface area contributed by atoms with Gasteiger partial charge in [0.2, 0.25) is 0 Å². The number of hydrogen-bond donors (Lipinski definition) is 0. The fourth-order valence-electron chi connectivity index (χ4n) is 5.67. The molecule has 0 unspecified atom stereocenters. The molecule has 22 heavy (non-hydrogen) atoms. The van der Waals surface area contributed by atoms with Gasteiger partial charge in [-0.25, -0.2) is 0 Å². The van der Waals surface area contributed by atoms with Gasteiger partial charge in [-0.1, -0.05) is 15.9 Å². The largest absolute Gasteiger partial charge is 0.467 e. The Morgan fingerprint density at radius 3 is 2.32 bits per heavy atom. The monoisotopic (exact) mass is 364 g/mol. The van der Waals surface area contributed by atoms with Crippen LogP contribution in [0.2, 0.25) is 0 Å². The Labute approximate surface area is 141 Å². The Morgan fingerprint density at radius 1 is 1.09 bits per heavy atom. The Bertz CT molecular complexity index is 519. The molecule has 1 aromatic carbocycles. The lowest BCUT2D eigenvalue weighted by atomic mass is 9.48. The summed E-state index contributed by atoms with van der Waals surface area (Å²) in [5.74, 6) is 3.89. The average molecular weight is 365 g/mol.